The van der Waals surface area contributed by atoms with Crippen LogP contribution < -0.4 is 10.6 Å². The molecule has 25 heavy (non-hydrogen) atoms. The zero-order valence-electron chi connectivity index (χ0n) is 15.2. The number of thiophene rings is 1. The Hall–Kier alpha value is -1.92. The molecule has 2 N–H and O–H groups in total. The van der Waals surface area contributed by atoms with Crippen LogP contribution >= 0.6 is 11.3 Å². The lowest BCUT2D eigenvalue weighted by atomic mass is 9.84. The number of rotatable bonds is 7. The van der Waals surface area contributed by atoms with E-state index in [1.54, 1.807) is 23.5 Å². The molecule has 6 heteroatoms. The van der Waals surface area contributed by atoms with Gasteiger partial charge in [0.1, 0.15) is 5.82 Å². The maximum Gasteiger partial charge on any atom is 0.314 e. The highest BCUT2D eigenvalue weighted by molar-refractivity contribution is 7.07. The van der Waals surface area contributed by atoms with Gasteiger partial charge in [0.25, 0.3) is 0 Å². The van der Waals surface area contributed by atoms with Gasteiger partial charge in [0, 0.05) is 18.5 Å². The fraction of sp³-hybridized carbons (Fsp3) is 0.421. The molecule has 2 amide bonds. The van der Waals surface area contributed by atoms with Crippen molar-refractivity contribution in [1.29, 1.82) is 0 Å². The van der Waals surface area contributed by atoms with Crippen LogP contribution in [0.3, 0.4) is 0 Å². The third-order valence-corrected chi connectivity index (χ3v) is 5.00. The van der Waals surface area contributed by atoms with E-state index in [2.05, 4.69) is 27.0 Å². The van der Waals surface area contributed by atoms with Crippen LogP contribution in [0.5, 0.6) is 0 Å². The van der Waals surface area contributed by atoms with Crippen molar-refractivity contribution in [3.63, 3.8) is 0 Å². The van der Waals surface area contributed by atoms with Gasteiger partial charge < -0.3 is 15.5 Å². The summed E-state index contributed by atoms with van der Waals surface area (Å²) in [4.78, 5) is 14.2. The molecular weight excluding hydrogens is 337 g/mol. The van der Waals surface area contributed by atoms with Crippen molar-refractivity contribution in [2.24, 2.45) is 0 Å². The highest BCUT2D eigenvalue weighted by Gasteiger charge is 2.24. The average molecular weight is 364 g/mol. The summed E-state index contributed by atoms with van der Waals surface area (Å²) in [7, 11) is 3.98. The summed E-state index contributed by atoms with van der Waals surface area (Å²) < 4.78 is 14.0. The fourth-order valence-corrected chi connectivity index (χ4v) is 3.43. The summed E-state index contributed by atoms with van der Waals surface area (Å²) in [5.41, 5.74) is 1.29. The minimum Gasteiger partial charge on any atom is -0.337 e. The first-order chi connectivity index (χ1) is 11.8. The zero-order valence-corrected chi connectivity index (χ0v) is 16.0. The van der Waals surface area contributed by atoms with Crippen LogP contribution in [0.15, 0.2) is 41.1 Å². The van der Waals surface area contributed by atoms with E-state index in [0.29, 0.717) is 18.7 Å². The molecule has 0 saturated heterocycles. The van der Waals surface area contributed by atoms with Crippen LogP contribution in [0.4, 0.5) is 9.18 Å². The topological polar surface area (TPSA) is 44.4 Å². The molecule has 0 fully saturated rings. The number of halogens is 1. The molecule has 2 rings (SSSR count). The second-order valence-corrected chi connectivity index (χ2v) is 7.74. The number of nitrogens with zero attached hydrogens (tertiary/aromatic N) is 1. The minimum atomic E-state index is -0.489. The van der Waals surface area contributed by atoms with Crippen molar-refractivity contribution in [2.75, 3.05) is 27.2 Å². The summed E-state index contributed by atoms with van der Waals surface area (Å²) in [6.45, 7) is 4.69. The quantitative estimate of drug-likeness (QED) is 0.787. The van der Waals surface area contributed by atoms with Crippen molar-refractivity contribution in [1.82, 2.24) is 15.5 Å². The third kappa shape index (κ3) is 5.28. The highest BCUT2D eigenvalue weighted by Crippen LogP contribution is 2.25. The Kier molecular flexibility index (Phi) is 6.56. The number of amides is 2. The van der Waals surface area contributed by atoms with Crippen molar-refractivity contribution < 1.29 is 9.18 Å². The summed E-state index contributed by atoms with van der Waals surface area (Å²) in [5.74, 6) is -0.250. The Labute approximate surface area is 153 Å². The molecular formula is C19H26FN3OS. The molecule has 1 aromatic heterocycles. The normalized spacial score (nSPS) is 12.9. The Bertz CT molecular complexity index is 686. The van der Waals surface area contributed by atoms with Gasteiger partial charge in [-0.25, -0.2) is 9.18 Å². The zero-order chi connectivity index (χ0) is 18.4. The summed E-state index contributed by atoms with van der Waals surface area (Å²) in [6, 6.07) is 8.62. The molecule has 1 unspecified atom stereocenters. The standard InChI is InChI=1S/C19H26FN3OS/c1-19(2,15-7-5-6-8-16(15)20)13-22-18(24)21-11-17(23(3)4)14-9-10-25-12-14/h5-10,12,17H,11,13H2,1-4H3,(H2,21,22,24). The lowest BCUT2D eigenvalue weighted by molar-refractivity contribution is 0.230. The Morgan fingerprint density at radius 1 is 1.24 bits per heavy atom. The van der Waals surface area contributed by atoms with Gasteiger partial charge in [-0.3, -0.25) is 0 Å². The molecule has 0 saturated carbocycles. The molecule has 0 aliphatic heterocycles. The monoisotopic (exact) mass is 363 g/mol. The number of urea groups is 1. The van der Waals surface area contributed by atoms with Crippen molar-refractivity contribution in [2.45, 2.75) is 25.3 Å². The molecule has 2 aromatic rings. The maximum atomic E-state index is 14.0. The highest BCUT2D eigenvalue weighted by atomic mass is 32.1. The molecule has 1 aromatic carbocycles. The second kappa shape index (κ2) is 8.45. The smallest absolute Gasteiger partial charge is 0.314 e. The number of hydrogen-bond acceptors (Lipinski definition) is 3. The number of nitrogens with one attached hydrogen (secondary N) is 2. The van der Waals surface area contributed by atoms with Gasteiger partial charge in [-0.05, 0) is 48.1 Å². The first-order valence-corrected chi connectivity index (χ1v) is 9.21. The van der Waals surface area contributed by atoms with Gasteiger partial charge in [0.05, 0.1) is 6.04 Å². The van der Waals surface area contributed by atoms with E-state index >= 15 is 0 Å². The molecule has 1 heterocycles. The molecule has 0 radical (unpaired) electrons. The lowest BCUT2D eigenvalue weighted by Crippen LogP contribution is -2.44. The van der Waals surface area contributed by atoms with E-state index in [4.69, 9.17) is 0 Å². The van der Waals surface area contributed by atoms with Gasteiger partial charge in [-0.15, -0.1) is 0 Å². The average Bonchev–Trinajstić information content (AvgIpc) is 3.07. The molecule has 136 valence electrons. The molecule has 4 nitrogen and oxygen atoms in total. The van der Waals surface area contributed by atoms with E-state index in [1.165, 1.54) is 11.6 Å². The lowest BCUT2D eigenvalue weighted by Gasteiger charge is -2.27. The number of likely N-dealkylation sites (N-methyl/N-ethyl adjacent to an activating group) is 1. The predicted octanol–water partition coefficient (Wildman–Crippen LogP) is 3.77. The summed E-state index contributed by atoms with van der Waals surface area (Å²) in [5, 5.41) is 9.89. The minimum absolute atomic E-state index is 0.122. The molecule has 0 spiro atoms. The van der Waals surface area contributed by atoms with Gasteiger partial charge in [0.15, 0.2) is 0 Å². The van der Waals surface area contributed by atoms with E-state index in [-0.39, 0.29) is 17.9 Å². The van der Waals surface area contributed by atoms with Crippen LogP contribution in [0, 0.1) is 5.82 Å². The summed E-state index contributed by atoms with van der Waals surface area (Å²) >= 11 is 1.64. The van der Waals surface area contributed by atoms with Gasteiger partial charge in [-0.2, -0.15) is 11.3 Å². The number of carbonyl (C=O) groups excluding carboxylic acids is 1. The number of hydrogen-bond donors (Lipinski definition) is 2. The van der Waals surface area contributed by atoms with Crippen LogP contribution in [0.25, 0.3) is 0 Å². The molecule has 0 aliphatic rings. The van der Waals surface area contributed by atoms with Crippen molar-refractivity contribution in [3.05, 3.63) is 58.0 Å². The SMILES string of the molecule is CN(C)C(CNC(=O)NCC(C)(C)c1ccccc1F)c1ccsc1. The van der Waals surface area contributed by atoms with Crippen LogP contribution in [-0.2, 0) is 5.41 Å². The first-order valence-electron chi connectivity index (χ1n) is 8.26. The van der Waals surface area contributed by atoms with E-state index < -0.39 is 5.41 Å². The van der Waals surface area contributed by atoms with Crippen LogP contribution in [-0.4, -0.2) is 38.1 Å². The fourth-order valence-electron chi connectivity index (χ4n) is 2.72. The second-order valence-electron chi connectivity index (χ2n) is 6.96. The molecule has 0 aliphatic carbocycles. The van der Waals surface area contributed by atoms with Gasteiger partial charge >= 0.3 is 6.03 Å². The van der Waals surface area contributed by atoms with Crippen LogP contribution in [0.1, 0.15) is 31.0 Å². The molecule has 0 bridgehead atoms. The van der Waals surface area contributed by atoms with E-state index in [0.717, 1.165) is 0 Å². The Balaban J connectivity index is 1.89. The van der Waals surface area contributed by atoms with Gasteiger partial charge in [-0.1, -0.05) is 32.0 Å². The Morgan fingerprint density at radius 2 is 1.96 bits per heavy atom. The van der Waals surface area contributed by atoms with Crippen molar-refractivity contribution >= 4 is 17.4 Å². The first kappa shape index (κ1) is 19.4. The number of carbonyl (C=O) groups is 1. The maximum absolute atomic E-state index is 14.0. The van der Waals surface area contributed by atoms with Crippen LogP contribution in [0.2, 0.25) is 0 Å². The number of benzene rings is 1. The van der Waals surface area contributed by atoms with Crippen molar-refractivity contribution in [3.8, 4) is 0 Å². The third-order valence-electron chi connectivity index (χ3n) is 4.30. The van der Waals surface area contributed by atoms with E-state index in [9.17, 15) is 9.18 Å². The predicted molar refractivity (Wildman–Crippen MR) is 102 cm³/mol. The Morgan fingerprint density at radius 3 is 2.56 bits per heavy atom. The largest absolute Gasteiger partial charge is 0.337 e. The summed E-state index contributed by atoms with van der Waals surface area (Å²) in [6.07, 6.45) is 0. The van der Waals surface area contributed by atoms with Gasteiger partial charge in [0.2, 0.25) is 0 Å². The van der Waals surface area contributed by atoms with E-state index in [1.807, 2.05) is 39.4 Å². The molecule has 1 atom stereocenters.